The number of ether oxygens (including phenoxy) is 1. The van der Waals surface area contributed by atoms with Crippen molar-refractivity contribution in [3.05, 3.63) is 78.1 Å². The molecule has 36 heavy (non-hydrogen) atoms. The van der Waals surface area contributed by atoms with Crippen molar-refractivity contribution >= 4 is 28.1 Å². The summed E-state index contributed by atoms with van der Waals surface area (Å²) in [5, 5.41) is 11.9. The van der Waals surface area contributed by atoms with E-state index in [2.05, 4.69) is 20.1 Å². The number of nitrogens with zero attached hydrogens (tertiary/aromatic N) is 3. The molecular formula is C27H32N4O4S. The predicted octanol–water partition coefficient (Wildman–Crippen LogP) is 3.33. The molecule has 4 rings (SSSR count). The van der Waals surface area contributed by atoms with Crippen molar-refractivity contribution in [2.45, 2.75) is 17.1 Å². The first-order valence-electron chi connectivity index (χ1n) is 12.0. The molecule has 1 aliphatic heterocycles. The zero-order chi connectivity index (χ0) is 25.5. The molecule has 2 N–H and O–H groups in total. The Hall–Kier alpha value is -3.27. The van der Waals surface area contributed by atoms with Gasteiger partial charge in [-0.05, 0) is 55.0 Å². The van der Waals surface area contributed by atoms with Gasteiger partial charge in [0.25, 0.3) is 5.91 Å². The fraction of sp³-hybridized carbons (Fsp3) is 0.333. The number of hydrogen-bond acceptors (Lipinski definition) is 7. The number of hydrogen-bond donors (Lipinski definition) is 2. The van der Waals surface area contributed by atoms with Crippen LogP contribution in [0, 0.1) is 0 Å². The van der Waals surface area contributed by atoms with Crippen LogP contribution in [-0.4, -0.2) is 71.5 Å². The van der Waals surface area contributed by atoms with E-state index in [-0.39, 0.29) is 17.8 Å². The molecule has 0 saturated carbocycles. The van der Waals surface area contributed by atoms with Crippen molar-refractivity contribution in [2.75, 3.05) is 56.7 Å². The predicted molar refractivity (Wildman–Crippen MR) is 142 cm³/mol. The molecule has 1 amide bonds. The van der Waals surface area contributed by atoms with Gasteiger partial charge >= 0.3 is 0 Å². The first-order valence-corrected chi connectivity index (χ1v) is 13.2. The standard InChI is InChI=1S/C27H32N4O4S/c1-20(21-5-8-24(35-2)9-6-21)36(34)26-18-23(31-14-12-30(13-15-31)16-17-32)7-10-25(26)29-27(33)22-4-3-11-28-19-22/h3-11,18-20,32H,12-17H2,1-2H3,(H,29,33). The van der Waals surface area contributed by atoms with Crippen molar-refractivity contribution in [3.8, 4) is 5.75 Å². The van der Waals surface area contributed by atoms with Crippen LogP contribution in [0.15, 0.2) is 71.9 Å². The summed E-state index contributed by atoms with van der Waals surface area (Å²) in [5.74, 6) is 0.437. The van der Waals surface area contributed by atoms with Crippen LogP contribution in [0.2, 0.25) is 0 Å². The summed E-state index contributed by atoms with van der Waals surface area (Å²) in [6, 6.07) is 16.7. The quantitative estimate of drug-likeness (QED) is 0.458. The van der Waals surface area contributed by atoms with Gasteiger partial charge in [0.15, 0.2) is 0 Å². The summed E-state index contributed by atoms with van der Waals surface area (Å²) in [6.45, 7) is 6.05. The summed E-state index contributed by atoms with van der Waals surface area (Å²) < 4.78 is 19.1. The monoisotopic (exact) mass is 508 g/mol. The van der Waals surface area contributed by atoms with E-state index in [1.165, 1.54) is 6.20 Å². The minimum atomic E-state index is -1.44. The highest BCUT2D eigenvalue weighted by atomic mass is 32.2. The van der Waals surface area contributed by atoms with E-state index in [1.807, 2.05) is 49.4 Å². The van der Waals surface area contributed by atoms with Crippen LogP contribution < -0.4 is 15.0 Å². The van der Waals surface area contributed by atoms with E-state index in [4.69, 9.17) is 4.74 Å². The Morgan fingerprint density at radius 2 is 1.89 bits per heavy atom. The average molecular weight is 509 g/mol. The fourth-order valence-corrected chi connectivity index (χ4v) is 5.59. The van der Waals surface area contributed by atoms with E-state index >= 15 is 0 Å². The van der Waals surface area contributed by atoms with Gasteiger partial charge in [0.1, 0.15) is 5.75 Å². The Morgan fingerprint density at radius 1 is 1.14 bits per heavy atom. The molecule has 0 spiro atoms. The number of pyridine rings is 1. The molecular weight excluding hydrogens is 476 g/mol. The minimum Gasteiger partial charge on any atom is -0.497 e. The van der Waals surface area contributed by atoms with Crippen LogP contribution in [0.3, 0.4) is 0 Å². The van der Waals surface area contributed by atoms with E-state index in [9.17, 15) is 14.1 Å². The number of carbonyl (C=O) groups excluding carboxylic acids is 1. The normalized spacial score (nSPS) is 15.8. The number of amides is 1. The summed E-state index contributed by atoms with van der Waals surface area (Å²) in [4.78, 5) is 22.0. The van der Waals surface area contributed by atoms with Gasteiger partial charge in [-0.3, -0.25) is 18.9 Å². The first kappa shape index (κ1) is 25.8. The molecule has 2 unspecified atom stereocenters. The third kappa shape index (κ3) is 6.10. The third-order valence-electron chi connectivity index (χ3n) is 6.41. The number of rotatable bonds is 9. The molecule has 0 aliphatic carbocycles. The first-order chi connectivity index (χ1) is 17.5. The number of nitrogens with one attached hydrogen (secondary N) is 1. The molecule has 0 bridgehead atoms. The van der Waals surface area contributed by atoms with E-state index in [0.717, 1.165) is 43.2 Å². The second-order valence-corrected chi connectivity index (χ2v) is 10.4. The molecule has 0 radical (unpaired) electrons. The van der Waals surface area contributed by atoms with Gasteiger partial charge < -0.3 is 20.1 Å². The number of carbonyl (C=O) groups is 1. The number of anilines is 2. The highest BCUT2D eigenvalue weighted by Crippen LogP contribution is 2.33. The second-order valence-electron chi connectivity index (χ2n) is 8.64. The summed E-state index contributed by atoms with van der Waals surface area (Å²) in [7, 11) is 0.176. The molecule has 2 aromatic carbocycles. The number of β-amino-alcohol motifs (C(OH)–C–C–N with tert-alkyl or cyclic N) is 1. The number of aliphatic hydroxyl groups is 1. The largest absolute Gasteiger partial charge is 0.497 e. The lowest BCUT2D eigenvalue weighted by Crippen LogP contribution is -2.47. The van der Waals surface area contributed by atoms with Gasteiger partial charge in [-0.2, -0.15) is 0 Å². The Bertz CT molecular complexity index is 1180. The van der Waals surface area contributed by atoms with Crippen LogP contribution in [0.5, 0.6) is 5.75 Å². The van der Waals surface area contributed by atoms with Gasteiger partial charge in [-0.25, -0.2) is 0 Å². The summed E-state index contributed by atoms with van der Waals surface area (Å²) in [6.07, 6.45) is 3.12. The fourth-order valence-electron chi connectivity index (χ4n) is 4.23. The van der Waals surface area contributed by atoms with Crippen molar-refractivity contribution in [1.29, 1.82) is 0 Å². The van der Waals surface area contributed by atoms with E-state index in [0.29, 0.717) is 22.7 Å². The number of benzene rings is 2. The molecule has 1 aromatic heterocycles. The number of piperazine rings is 1. The molecule has 3 aromatic rings. The summed E-state index contributed by atoms with van der Waals surface area (Å²) >= 11 is 0. The average Bonchev–Trinajstić information content (AvgIpc) is 2.93. The maximum Gasteiger partial charge on any atom is 0.257 e. The lowest BCUT2D eigenvalue weighted by atomic mass is 10.1. The third-order valence-corrected chi connectivity index (χ3v) is 8.10. The lowest BCUT2D eigenvalue weighted by molar-refractivity contribution is 0.102. The van der Waals surface area contributed by atoms with Crippen molar-refractivity contribution in [2.24, 2.45) is 0 Å². The van der Waals surface area contributed by atoms with Crippen molar-refractivity contribution in [3.63, 3.8) is 0 Å². The molecule has 1 aliphatic rings. The van der Waals surface area contributed by atoms with Crippen molar-refractivity contribution < 1.29 is 18.8 Å². The lowest BCUT2D eigenvalue weighted by Gasteiger charge is -2.36. The SMILES string of the molecule is COc1ccc(C(C)S(=O)c2cc(N3CCN(CCO)CC3)ccc2NC(=O)c2cccnc2)cc1. The van der Waals surface area contributed by atoms with Gasteiger partial charge in [0.2, 0.25) is 0 Å². The molecule has 2 atom stereocenters. The zero-order valence-electron chi connectivity index (χ0n) is 20.6. The van der Waals surface area contributed by atoms with Gasteiger partial charge in [0, 0.05) is 50.8 Å². The molecule has 9 heteroatoms. The maximum atomic E-state index is 13.9. The van der Waals surface area contributed by atoms with Gasteiger partial charge in [-0.1, -0.05) is 12.1 Å². The molecule has 1 saturated heterocycles. The van der Waals surface area contributed by atoms with Crippen LogP contribution in [-0.2, 0) is 10.8 Å². The molecule has 2 heterocycles. The zero-order valence-corrected chi connectivity index (χ0v) is 21.4. The molecule has 190 valence electrons. The topological polar surface area (TPSA) is 95.0 Å². The number of methoxy groups -OCH3 is 1. The van der Waals surface area contributed by atoms with Gasteiger partial charge in [0.05, 0.1) is 45.9 Å². The number of aromatic nitrogens is 1. The molecule has 8 nitrogen and oxygen atoms in total. The Morgan fingerprint density at radius 3 is 2.53 bits per heavy atom. The van der Waals surface area contributed by atoms with Crippen LogP contribution in [0.25, 0.3) is 0 Å². The Labute approximate surface area is 214 Å². The van der Waals surface area contributed by atoms with Gasteiger partial charge in [-0.15, -0.1) is 0 Å². The van der Waals surface area contributed by atoms with Crippen LogP contribution in [0.1, 0.15) is 28.1 Å². The Kier molecular flexibility index (Phi) is 8.69. The second kappa shape index (κ2) is 12.1. The van der Waals surface area contributed by atoms with Crippen molar-refractivity contribution in [1.82, 2.24) is 9.88 Å². The van der Waals surface area contributed by atoms with E-state index < -0.39 is 10.8 Å². The highest BCUT2D eigenvalue weighted by Gasteiger charge is 2.23. The van der Waals surface area contributed by atoms with Crippen LogP contribution >= 0.6 is 0 Å². The van der Waals surface area contributed by atoms with Crippen LogP contribution in [0.4, 0.5) is 11.4 Å². The van der Waals surface area contributed by atoms with E-state index in [1.54, 1.807) is 25.4 Å². The maximum absolute atomic E-state index is 13.9. The summed E-state index contributed by atoms with van der Waals surface area (Å²) in [5.41, 5.74) is 2.83. The highest BCUT2D eigenvalue weighted by molar-refractivity contribution is 7.85. The number of aliphatic hydroxyl groups excluding tert-OH is 1. The Balaban J connectivity index is 1.62. The molecule has 1 fully saturated rings. The smallest absolute Gasteiger partial charge is 0.257 e. The minimum absolute atomic E-state index is 0.151.